The molecule has 0 spiro atoms. The molecule has 0 amide bonds. The van der Waals surface area contributed by atoms with Gasteiger partial charge in [-0.3, -0.25) is 4.68 Å². The zero-order chi connectivity index (χ0) is 20.8. The Hall–Kier alpha value is -2.61. The quantitative estimate of drug-likeness (QED) is 0.567. The molecule has 0 atom stereocenters. The first-order chi connectivity index (χ1) is 14.0. The SMILES string of the molecule is CCNC(=NCc1ccc(N2CCN(C)CC2)nc1)NCc1c(C)nn(C)c1C. The molecule has 8 nitrogen and oxygen atoms in total. The lowest BCUT2D eigenvalue weighted by molar-refractivity contribution is 0.312. The molecular formula is C21H34N8. The molecule has 2 N–H and O–H groups in total. The standard InChI is InChI=1S/C21H34N8/c1-6-22-21(25-15-19-16(2)26-28(5)17(19)3)24-14-18-7-8-20(23-13-18)29-11-9-27(4)10-12-29/h7-8,13H,6,9-12,14-15H2,1-5H3,(H2,22,24,25). The van der Waals surface area contributed by atoms with E-state index in [0.717, 1.165) is 55.8 Å². The van der Waals surface area contributed by atoms with Gasteiger partial charge in [0.05, 0.1) is 12.2 Å². The predicted molar refractivity (Wildman–Crippen MR) is 118 cm³/mol. The van der Waals surface area contributed by atoms with Crippen LogP contribution in [0, 0.1) is 13.8 Å². The zero-order valence-electron chi connectivity index (χ0n) is 18.4. The lowest BCUT2D eigenvalue weighted by Crippen LogP contribution is -2.44. The number of guanidine groups is 1. The number of nitrogens with one attached hydrogen (secondary N) is 2. The van der Waals surface area contributed by atoms with Crippen molar-refractivity contribution in [3.8, 4) is 0 Å². The second-order valence-electron chi connectivity index (χ2n) is 7.64. The molecule has 0 unspecified atom stereocenters. The van der Waals surface area contributed by atoms with Crippen LogP contribution in [0.4, 0.5) is 5.82 Å². The van der Waals surface area contributed by atoms with Crippen LogP contribution in [0.25, 0.3) is 0 Å². The normalized spacial score (nSPS) is 15.6. The van der Waals surface area contributed by atoms with E-state index in [0.29, 0.717) is 13.1 Å². The fourth-order valence-electron chi connectivity index (χ4n) is 3.49. The third kappa shape index (κ3) is 5.47. The Morgan fingerprint density at radius 3 is 2.45 bits per heavy atom. The molecule has 29 heavy (non-hydrogen) atoms. The molecule has 1 aliphatic rings. The van der Waals surface area contributed by atoms with Gasteiger partial charge in [-0.05, 0) is 39.4 Å². The fourth-order valence-corrected chi connectivity index (χ4v) is 3.49. The fraction of sp³-hybridized carbons (Fsp3) is 0.571. The highest BCUT2D eigenvalue weighted by molar-refractivity contribution is 5.79. The van der Waals surface area contributed by atoms with Crippen molar-refractivity contribution >= 4 is 11.8 Å². The van der Waals surface area contributed by atoms with Gasteiger partial charge in [0.15, 0.2) is 5.96 Å². The number of nitrogens with zero attached hydrogens (tertiary/aromatic N) is 6. The molecule has 0 aliphatic carbocycles. The topological polar surface area (TPSA) is 73.6 Å². The van der Waals surface area contributed by atoms with Gasteiger partial charge in [-0.15, -0.1) is 0 Å². The molecule has 3 heterocycles. The van der Waals surface area contributed by atoms with Crippen LogP contribution in [0.2, 0.25) is 0 Å². The maximum Gasteiger partial charge on any atom is 0.191 e. The molecule has 3 rings (SSSR count). The molecule has 8 heteroatoms. The lowest BCUT2D eigenvalue weighted by Gasteiger charge is -2.33. The van der Waals surface area contributed by atoms with E-state index in [9.17, 15) is 0 Å². The van der Waals surface area contributed by atoms with Gasteiger partial charge in [-0.1, -0.05) is 6.07 Å². The maximum absolute atomic E-state index is 4.72. The van der Waals surface area contributed by atoms with E-state index in [2.05, 4.69) is 63.5 Å². The van der Waals surface area contributed by atoms with Gasteiger partial charge in [0.1, 0.15) is 5.82 Å². The van der Waals surface area contributed by atoms with Crippen LogP contribution in [0.5, 0.6) is 0 Å². The van der Waals surface area contributed by atoms with Crippen molar-refractivity contribution in [3.63, 3.8) is 0 Å². The summed E-state index contributed by atoms with van der Waals surface area (Å²) in [5, 5.41) is 11.2. The Kier molecular flexibility index (Phi) is 7.09. The summed E-state index contributed by atoms with van der Waals surface area (Å²) in [4.78, 5) is 14.1. The largest absolute Gasteiger partial charge is 0.357 e. The van der Waals surface area contributed by atoms with Gasteiger partial charge in [0, 0.05) is 63.8 Å². The molecule has 1 aliphatic heterocycles. The van der Waals surface area contributed by atoms with E-state index in [1.165, 1.54) is 11.3 Å². The van der Waals surface area contributed by atoms with Crippen LogP contribution in [0.15, 0.2) is 23.3 Å². The summed E-state index contributed by atoms with van der Waals surface area (Å²) in [6.07, 6.45) is 1.94. The number of anilines is 1. The van der Waals surface area contributed by atoms with Gasteiger partial charge in [0.2, 0.25) is 0 Å². The van der Waals surface area contributed by atoms with Crippen LogP contribution in [-0.4, -0.2) is 65.4 Å². The van der Waals surface area contributed by atoms with Crippen molar-refractivity contribution in [1.82, 2.24) is 30.3 Å². The lowest BCUT2D eigenvalue weighted by atomic mass is 10.2. The third-order valence-corrected chi connectivity index (χ3v) is 5.49. The van der Waals surface area contributed by atoms with Gasteiger partial charge in [-0.2, -0.15) is 5.10 Å². The third-order valence-electron chi connectivity index (χ3n) is 5.49. The highest BCUT2D eigenvalue weighted by Gasteiger charge is 2.15. The van der Waals surface area contributed by atoms with Gasteiger partial charge < -0.3 is 20.4 Å². The molecule has 1 saturated heterocycles. The minimum absolute atomic E-state index is 0.594. The zero-order valence-corrected chi connectivity index (χ0v) is 18.4. The van der Waals surface area contributed by atoms with Crippen molar-refractivity contribution < 1.29 is 0 Å². The number of aryl methyl sites for hydroxylation is 2. The Morgan fingerprint density at radius 1 is 1.10 bits per heavy atom. The van der Waals surface area contributed by atoms with Crippen LogP contribution in [0.1, 0.15) is 29.4 Å². The molecule has 0 radical (unpaired) electrons. The van der Waals surface area contributed by atoms with Crippen molar-refractivity contribution in [2.75, 3.05) is 44.7 Å². The minimum Gasteiger partial charge on any atom is -0.357 e. The van der Waals surface area contributed by atoms with Crippen LogP contribution < -0.4 is 15.5 Å². The van der Waals surface area contributed by atoms with Crippen molar-refractivity contribution in [1.29, 1.82) is 0 Å². The number of aromatic nitrogens is 3. The number of piperazine rings is 1. The van der Waals surface area contributed by atoms with Crippen LogP contribution in [0.3, 0.4) is 0 Å². The average Bonchev–Trinajstić information content (AvgIpc) is 2.96. The number of rotatable bonds is 6. The molecule has 0 aromatic carbocycles. The van der Waals surface area contributed by atoms with E-state index < -0.39 is 0 Å². The summed E-state index contributed by atoms with van der Waals surface area (Å²) < 4.78 is 1.92. The summed E-state index contributed by atoms with van der Waals surface area (Å²) in [7, 11) is 4.14. The number of hydrogen-bond acceptors (Lipinski definition) is 5. The highest BCUT2D eigenvalue weighted by Crippen LogP contribution is 2.14. The number of likely N-dealkylation sites (N-methyl/N-ethyl adjacent to an activating group) is 1. The second kappa shape index (κ2) is 9.73. The van der Waals surface area contributed by atoms with Gasteiger partial charge in [-0.25, -0.2) is 9.98 Å². The number of pyridine rings is 1. The second-order valence-corrected chi connectivity index (χ2v) is 7.64. The van der Waals surface area contributed by atoms with Gasteiger partial charge in [0.25, 0.3) is 0 Å². The van der Waals surface area contributed by atoms with Crippen molar-refractivity contribution in [2.24, 2.45) is 12.0 Å². The summed E-state index contributed by atoms with van der Waals surface area (Å²) >= 11 is 0. The van der Waals surface area contributed by atoms with E-state index in [1.54, 1.807) is 0 Å². The molecule has 158 valence electrons. The summed E-state index contributed by atoms with van der Waals surface area (Å²) in [5.74, 6) is 1.86. The number of hydrogen-bond donors (Lipinski definition) is 2. The summed E-state index contributed by atoms with van der Waals surface area (Å²) in [5.41, 5.74) is 4.55. The van der Waals surface area contributed by atoms with Gasteiger partial charge >= 0.3 is 0 Å². The van der Waals surface area contributed by atoms with Crippen molar-refractivity contribution in [3.05, 3.63) is 40.8 Å². The molecule has 0 bridgehead atoms. The molecule has 1 fully saturated rings. The Bertz CT molecular complexity index is 816. The molecule has 0 saturated carbocycles. The Labute approximate surface area is 174 Å². The maximum atomic E-state index is 4.72. The Balaban J connectivity index is 1.59. The average molecular weight is 399 g/mol. The molecular weight excluding hydrogens is 364 g/mol. The van der Waals surface area contributed by atoms with E-state index in [-0.39, 0.29) is 0 Å². The number of aliphatic imine (C=N–C) groups is 1. The monoisotopic (exact) mass is 398 g/mol. The summed E-state index contributed by atoms with van der Waals surface area (Å²) in [6.45, 7) is 12.6. The Morgan fingerprint density at radius 2 is 1.86 bits per heavy atom. The molecule has 2 aromatic heterocycles. The van der Waals surface area contributed by atoms with E-state index >= 15 is 0 Å². The smallest absolute Gasteiger partial charge is 0.191 e. The first-order valence-electron chi connectivity index (χ1n) is 10.4. The van der Waals surface area contributed by atoms with Crippen LogP contribution in [-0.2, 0) is 20.1 Å². The van der Waals surface area contributed by atoms with E-state index in [1.807, 2.05) is 24.9 Å². The molecule has 2 aromatic rings. The first-order valence-corrected chi connectivity index (χ1v) is 10.4. The van der Waals surface area contributed by atoms with E-state index in [4.69, 9.17) is 4.99 Å². The highest BCUT2D eigenvalue weighted by atomic mass is 15.3. The summed E-state index contributed by atoms with van der Waals surface area (Å²) in [6, 6.07) is 4.24. The minimum atomic E-state index is 0.594. The van der Waals surface area contributed by atoms with Crippen molar-refractivity contribution in [2.45, 2.75) is 33.9 Å². The predicted octanol–water partition coefficient (Wildman–Crippen LogP) is 1.44. The first kappa shape index (κ1) is 21.1. The van der Waals surface area contributed by atoms with Crippen LogP contribution >= 0.6 is 0 Å².